The zero-order valence-electron chi connectivity index (χ0n) is 12.1. The Kier molecular flexibility index (Phi) is 4.18. The van der Waals surface area contributed by atoms with Crippen molar-refractivity contribution in [3.8, 4) is 0 Å². The number of para-hydroxylation sites is 1. The van der Waals surface area contributed by atoms with Gasteiger partial charge in [0.25, 0.3) is 0 Å². The smallest absolute Gasteiger partial charge is 0.340 e. The molecule has 0 saturated carbocycles. The summed E-state index contributed by atoms with van der Waals surface area (Å²) in [5, 5.41) is 9.99. The van der Waals surface area contributed by atoms with Gasteiger partial charge in [-0.1, -0.05) is 6.07 Å². The van der Waals surface area contributed by atoms with Crippen LogP contribution in [0.5, 0.6) is 0 Å². The molecule has 0 unspecified atom stereocenters. The van der Waals surface area contributed by atoms with Crippen LogP contribution in [0.3, 0.4) is 0 Å². The number of nitrogens with zero attached hydrogens (tertiary/aromatic N) is 1. The number of carbonyl (C=O) groups excluding carboxylic acids is 1. The van der Waals surface area contributed by atoms with Crippen molar-refractivity contribution >= 4 is 17.3 Å². The van der Waals surface area contributed by atoms with Crippen LogP contribution in [0.25, 0.3) is 0 Å². The first-order valence-corrected chi connectivity index (χ1v) is 6.97. The summed E-state index contributed by atoms with van der Waals surface area (Å²) in [7, 11) is 0. The SMILES string of the molecule is CCOC(=O)c1cccc(N2CCC(C)(O)CC2)c1N. The van der Waals surface area contributed by atoms with Gasteiger partial charge in [-0.25, -0.2) is 4.79 Å². The van der Waals surface area contributed by atoms with Crippen LogP contribution in [-0.2, 0) is 4.74 Å². The molecule has 110 valence electrons. The van der Waals surface area contributed by atoms with Crippen LogP contribution in [0.4, 0.5) is 11.4 Å². The largest absolute Gasteiger partial charge is 0.462 e. The molecule has 1 aliphatic heterocycles. The summed E-state index contributed by atoms with van der Waals surface area (Å²) in [4.78, 5) is 14.0. The van der Waals surface area contributed by atoms with Crippen LogP contribution in [0.15, 0.2) is 18.2 Å². The minimum Gasteiger partial charge on any atom is -0.462 e. The number of carbonyl (C=O) groups is 1. The highest BCUT2D eigenvalue weighted by Gasteiger charge is 2.28. The maximum absolute atomic E-state index is 11.8. The van der Waals surface area contributed by atoms with Gasteiger partial charge in [-0.05, 0) is 38.8 Å². The van der Waals surface area contributed by atoms with Gasteiger partial charge in [0.1, 0.15) is 0 Å². The monoisotopic (exact) mass is 278 g/mol. The van der Waals surface area contributed by atoms with Crippen molar-refractivity contribution in [2.45, 2.75) is 32.3 Å². The van der Waals surface area contributed by atoms with Gasteiger partial charge in [0.15, 0.2) is 0 Å². The number of anilines is 2. The fourth-order valence-electron chi connectivity index (χ4n) is 2.44. The van der Waals surface area contributed by atoms with E-state index in [9.17, 15) is 9.90 Å². The molecule has 0 amide bonds. The van der Waals surface area contributed by atoms with Crippen LogP contribution in [0, 0.1) is 0 Å². The topological polar surface area (TPSA) is 75.8 Å². The summed E-state index contributed by atoms with van der Waals surface area (Å²) in [6.45, 7) is 5.40. The van der Waals surface area contributed by atoms with Gasteiger partial charge in [-0.15, -0.1) is 0 Å². The van der Waals surface area contributed by atoms with Crippen molar-refractivity contribution < 1.29 is 14.6 Å². The molecule has 0 bridgehead atoms. The van der Waals surface area contributed by atoms with Crippen LogP contribution < -0.4 is 10.6 Å². The molecular weight excluding hydrogens is 256 g/mol. The molecule has 3 N–H and O–H groups in total. The number of hydrogen-bond acceptors (Lipinski definition) is 5. The number of ether oxygens (including phenoxy) is 1. The average molecular weight is 278 g/mol. The Morgan fingerprint density at radius 3 is 2.70 bits per heavy atom. The molecule has 1 heterocycles. The maximum atomic E-state index is 11.8. The standard InChI is InChI=1S/C15H22N2O3/c1-3-20-14(18)11-5-4-6-12(13(11)16)17-9-7-15(2,19)8-10-17/h4-6,19H,3,7-10,16H2,1-2H3. The van der Waals surface area contributed by atoms with E-state index < -0.39 is 11.6 Å². The van der Waals surface area contributed by atoms with Crippen LogP contribution in [-0.4, -0.2) is 36.4 Å². The molecule has 5 nitrogen and oxygen atoms in total. The van der Waals surface area contributed by atoms with E-state index >= 15 is 0 Å². The highest BCUT2D eigenvalue weighted by atomic mass is 16.5. The Balaban J connectivity index is 2.21. The Hall–Kier alpha value is -1.75. The summed E-state index contributed by atoms with van der Waals surface area (Å²) in [5.41, 5.74) is 7.20. The van der Waals surface area contributed by atoms with Crippen molar-refractivity contribution in [3.05, 3.63) is 23.8 Å². The van der Waals surface area contributed by atoms with Crippen LogP contribution >= 0.6 is 0 Å². The summed E-state index contributed by atoms with van der Waals surface area (Å²) in [5.74, 6) is -0.393. The lowest BCUT2D eigenvalue weighted by molar-refractivity contribution is 0.0351. The van der Waals surface area contributed by atoms with Crippen molar-refractivity contribution in [2.75, 3.05) is 30.3 Å². The summed E-state index contributed by atoms with van der Waals surface area (Å²) < 4.78 is 5.01. The Morgan fingerprint density at radius 2 is 2.10 bits per heavy atom. The zero-order chi connectivity index (χ0) is 14.8. The molecular formula is C15H22N2O3. The lowest BCUT2D eigenvalue weighted by Crippen LogP contribution is -2.42. The first kappa shape index (κ1) is 14.7. The highest BCUT2D eigenvalue weighted by molar-refractivity contribution is 5.98. The third kappa shape index (κ3) is 3.04. The summed E-state index contributed by atoms with van der Waals surface area (Å²) >= 11 is 0. The van der Waals surface area contributed by atoms with E-state index in [-0.39, 0.29) is 0 Å². The molecule has 0 radical (unpaired) electrons. The van der Waals surface area contributed by atoms with Gasteiger partial charge in [-0.3, -0.25) is 0 Å². The molecule has 1 aliphatic rings. The molecule has 5 heteroatoms. The fraction of sp³-hybridized carbons (Fsp3) is 0.533. The molecule has 0 aromatic heterocycles. The second-order valence-corrected chi connectivity index (χ2v) is 5.44. The number of esters is 1. The number of rotatable bonds is 3. The van der Waals surface area contributed by atoms with E-state index in [1.807, 2.05) is 19.1 Å². The molecule has 2 rings (SSSR count). The Labute approximate surface area is 119 Å². The number of piperidine rings is 1. The van der Waals surface area contributed by atoms with Gasteiger partial charge in [0, 0.05) is 13.1 Å². The van der Waals surface area contributed by atoms with Gasteiger partial charge in [0.05, 0.1) is 29.1 Å². The van der Waals surface area contributed by atoms with E-state index in [2.05, 4.69) is 4.90 Å². The first-order chi connectivity index (χ1) is 9.44. The number of benzene rings is 1. The van der Waals surface area contributed by atoms with Gasteiger partial charge in [0.2, 0.25) is 0 Å². The molecule has 20 heavy (non-hydrogen) atoms. The second kappa shape index (κ2) is 5.71. The normalized spacial score (nSPS) is 17.9. The quantitative estimate of drug-likeness (QED) is 0.651. The third-order valence-corrected chi connectivity index (χ3v) is 3.76. The molecule has 0 atom stereocenters. The molecule has 1 fully saturated rings. The predicted molar refractivity (Wildman–Crippen MR) is 78.9 cm³/mol. The molecule has 1 aromatic rings. The van der Waals surface area contributed by atoms with Gasteiger partial charge >= 0.3 is 5.97 Å². The van der Waals surface area contributed by atoms with E-state index in [0.29, 0.717) is 30.7 Å². The van der Waals surface area contributed by atoms with E-state index in [1.54, 1.807) is 13.0 Å². The maximum Gasteiger partial charge on any atom is 0.340 e. The lowest BCUT2D eigenvalue weighted by atomic mass is 9.93. The van der Waals surface area contributed by atoms with Crippen molar-refractivity contribution in [1.29, 1.82) is 0 Å². The Bertz CT molecular complexity index is 490. The average Bonchev–Trinajstić information content (AvgIpc) is 2.40. The second-order valence-electron chi connectivity index (χ2n) is 5.44. The molecule has 1 aromatic carbocycles. The van der Waals surface area contributed by atoms with Crippen molar-refractivity contribution in [1.82, 2.24) is 0 Å². The van der Waals surface area contributed by atoms with Gasteiger partial charge < -0.3 is 20.5 Å². The highest BCUT2D eigenvalue weighted by Crippen LogP contribution is 2.31. The number of aliphatic hydroxyl groups is 1. The van der Waals surface area contributed by atoms with E-state index in [0.717, 1.165) is 18.8 Å². The number of hydrogen-bond donors (Lipinski definition) is 2. The van der Waals surface area contributed by atoms with E-state index in [1.165, 1.54) is 0 Å². The first-order valence-electron chi connectivity index (χ1n) is 6.97. The minimum absolute atomic E-state index is 0.328. The lowest BCUT2D eigenvalue weighted by Gasteiger charge is -2.37. The molecule has 1 saturated heterocycles. The zero-order valence-corrected chi connectivity index (χ0v) is 12.1. The van der Waals surface area contributed by atoms with Crippen molar-refractivity contribution in [2.24, 2.45) is 0 Å². The summed E-state index contributed by atoms with van der Waals surface area (Å²) in [6.07, 6.45) is 1.38. The molecule has 0 aliphatic carbocycles. The number of nitrogen functional groups attached to an aromatic ring is 1. The number of nitrogens with two attached hydrogens (primary N) is 1. The van der Waals surface area contributed by atoms with E-state index in [4.69, 9.17) is 10.5 Å². The minimum atomic E-state index is -0.607. The van der Waals surface area contributed by atoms with Crippen LogP contribution in [0.1, 0.15) is 37.0 Å². The van der Waals surface area contributed by atoms with Gasteiger partial charge in [-0.2, -0.15) is 0 Å². The van der Waals surface area contributed by atoms with Crippen LogP contribution in [0.2, 0.25) is 0 Å². The molecule has 0 spiro atoms. The third-order valence-electron chi connectivity index (χ3n) is 3.76. The Morgan fingerprint density at radius 1 is 1.45 bits per heavy atom. The predicted octanol–water partition coefficient (Wildman–Crippen LogP) is 1.80. The van der Waals surface area contributed by atoms with Crippen molar-refractivity contribution in [3.63, 3.8) is 0 Å². The summed E-state index contributed by atoms with van der Waals surface area (Å²) in [6, 6.07) is 5.39. The fourth-order valence-corrected chi connectivity index (χ4v) is 2.44.